The summed E-state index contributed by atoms with van der Waals surface area (Å²) in [5.74, 6) is 0.994. The smallest absolute Gasteiger partial charge is 0.251 e. The van der Waals surface area contributed by atoms with Crippen molar-refractivity contribution in [1.29, 1.82) is 0 Å². The van der Waals surface area contributed by atoms with Gasteiger partial charge in [-0.2, -0.15) is 0 Å². The number of ether oxygens (including phenoxy) is 3. The fraction of sp³-hybridized carbons (Fsp3) is 0.333. The van der Waals surface area contributed by atoms with Gasteiger partial charge in [-0.05, 0) is 24.3 Å². The van der Waals surface area contributed by atoms with Crippen molar-refractivity contribution in [3.63, 3.8) is 0 Å². The zero-order chi connectivity index (χ0) is 15.9. The van der Waals surface area contributed by atoms with Crippen LogP contribution in [0, 0.1) is 0 Å². The second-order valence-corrected chi connectivity index (χ2v) is 4.43. The Balaban J connectivity index is 1.93. The summed E-state index contributed by atoms with van der Waals surface area (Å²) < 4.78 is 20.3. The van der Waals surface area contributed by atoms with Gasteiger partial charge in [-0.3, -0.25) is 4.79 Å². The highest BCUT2D eigenvalue weighted by Gasteiger charge is 2.15. The lowest BCUT2D eigenvalue weighted by Crippen LogP contribution is -2.22. The molecule has 2 aromatic rings. The van der Waals surface area contributed by atoms with Crippen LogP contribution in [0.3, 0.4) is 0 Å². The molecule has 0 saturated carbocycles. The largest absolute Gasteiger partial charge is 0.497 e. The van der Waals surface area contributed by atoms with Gasteiger partial charge in [0.2, 0.25) is 6.29 Å². The molecule has 0 aliphatic carbocycles. The SMILES string of the molecule is COc1ccc(C(=O)NCc2cc(C(OC)OC)no2)cc1. The molecule has 2 rings (SSSR count). The number of nitrogens with zero attached hydrogens (tertiary/aromatic N) is 1. The molecule has 7 heteroatoms. The first-order chi connectivity index (χ1) is 10.7. The van der Waals surface area contributed by atoms with Crippen LogP contribution in [0.2, 0.25) is 0 Å². The topological polar surface area (TPSA) is 82.8 Å². The first-order valence-corrected chi connectivity index (χ1v) is 6.61. The Morgan fingerprint density at radius 2 is 1.91 bits per heavy atom. The zero-order valence-corrected chi connectivity index (χ0v) is 12.7. The molecule has 0 fully saturated rings. The van der Waals surface area contributed by atoms with Crippen molar-refractivity contribution in [1.82, 2.24) is 10.5 Å². The molecular weight excluding hydrogens is 288 g/mol. The molecule has 1 aromatic carbocycles. The van der Waals surface area contributed by atoms with Gasteiger partial charge in [0.25, 0.3) is 5.91 Å². The summed E-state index contributed by atoms with van der Waals surface area (Å²) in [5.41, 5.74) is 1.05. The maximum atomic E-state index is 12.0. The van der Waals surface area contributed by atoms with Gasteiger partial charge in [0.15, 0.2) is 5.76 Å². The summed E-state index contributed by atoms with van der Waals surface area (Å²) in [5, 5.41) is 6.58. The van der Waals surface area contributed by atoms with Gasteiger partial charge in [-0.1, -0.05) is 5.16 Å². The minimum absolute atomic E-state index is 0.212. The Hall–Kier alpha value is -2.38. The molecule has 0 saturated heterocycles. The number of methoxy groups -OCH3 is 3. The minimum Gasteiger partial charge on any atom is -0.497 e. The van der Waals surface area contributed by atoms with Gasteiger partial charge >= 0.3 is 0 Å². The van der Waals surface area contributed by atoms with Gasteiger partial charge < -0.3 is 24.1 Å². The van der Waals surface area contributed by atoms with Gasteiger partial charge in [0.1, 0.15) is 11.4 Å². The molecule has 1 aromatic heterocycles. The van der Waals surface area contributed by atoms with E-state index in [2.05, 4.69) is 10.5 Å². The molecule has 0 aliphatic rings. The van der Waals surface area contributed by atoms with Crippen molar-refractivity contribution in [3.8, 4) is 5.75 Å². The lowest BCUT2D eigenvalue weighted by molar-refractivity contribution is -0.109. The fourth-order valence-electron chi connectivity index (χ4n) is 1.87. The molecule has 0 radical (unpaired) electrons. The van der Waals surface area contributed by atoms with Gasteiger partial charge in [-0.15, -0.1) is 0 Å². The number of hydrogen-bond donors (Lipinski definition) is 1. The van der Waals surface area contributed by atoms with Crippen LogP contribution in [-0.4, -0.2) is 32.4 Å². The van der Waals surface area contributed by atoms with E-state index < -0.39 is 6.29 Å². The van der Waals surface area contributed by atoms with Crippen LogP contribution in [-0.2, 0) is 16.0 Å². The van der Waals surface area contributed by atoms with Gasteiger partial charge in [0, 0.05) is 25.8 Å². The average molecular weight is 306 g/mol. The quantitative estimate of drug-likeness (QED) is 0.787. The van der Waals surface area contributed by atoms with Crippen molar-refractivity contribution in [3.05, 3.63) is 47.3 Å². The summed E-state index contributed by atoms with van der Waals surface area (Å²) >= 11 is 0. The van der Waals surface area contributed by atoms with Crippen molar-refractivity contribution in [2.75, 3.05) is 21.3 Å². The number of carbonyl (C=O) groups is 1. The molecule has 1 N–H and O–H groups in total. The molecule has 1 heterocycles. The van der Waals surface area contributed by atoms with E-state index in [-0.39, 0.29) is 12.5 Å². The van der Waals surface area contributed by atoms with E-state index in [1.165, 1.54) is 14.2 Å². The van der Waals surface area contributed by atoms with E-state index in [4.69, 9.17) is 18.7 Å². The molecule has 0 aliphatic heterocycles. The third-order valence-electron chi connectivity index (χ3n) is 3.02. The summed E-state index contributed by atoms with van der Waals surface area (Å²) in [6.07, 6.45) is -0.588. The highest BCUT2D eigenvalue weighted by Crippen LogP contribution is 2.17. The number of carbonyl (C=O) groups excluding carboxylic acids is 1. The van der Waals surface area contributed by atoms with E-state index >= 15 is 0 Å². The molecule has 0 unspecified atom stereocenters. The molecular formula is C15H18N2O5. The Morgan fingerprint density at radius 3 is 2.50 bits per heavy atom. The summed E-state index contributed by atoms with van der Waals surface area (Å²) in [4.78, 5) is 12.0. The lowest BCUT2D eigenvalue weighted by Gasteiger charge is -2.08. The Kier molecular flexibility index (Phi) is 5.51. The zero-order valence-electron chi connectivity index (χ0n) is 12.7. The van der Waals surface area contributed by atoms with E-state index in [1.807, 2.05) is 0 Å². The minimum atomic E-state index is -0.588. The maximum absolute atomic E-state index is 12.0. The summed E-state index contributed by atoms with van der Waals surface area (Å²) in [7, 11) is 4.59. The van der Waals surface area contributed by atoms with Gasteiger partial charge in [-0.25, -0.2) is 0 Å². The van der Waals surface area contributed by atoms with E-state index in [1.54, 1.807) is 37.4 Å². The summed E-state index contributed by atoms with van der Waals surface area (Å²) in [6, 6.07) is 8.50. The molecule has 1 amide bonds. The highest BCUT2D eigenvalue weighted by molar-refractivity contribution is 5.94. The Morgan fingerprint density at radius 1 is 1.23 bits per heavy atom. The number of aromatic nitrogens is 1. The number of amides is 1. The predicted octanol–water partition coefficient (Wildman–Crippen LogP) is 1.90. The molecule has 0 bridgehead atoms. The molecule has 0 spiro atoms. The van der Waals surface area contributed by atoms with Gasteiger partial charge in [0.05, 0.1) is 13.7 Å². The predicted molar refractivity (Wildman–Crippen MR) is 77.4 cm³/mol. The van der Waals surface area contributed by atoms with Crippen LogP contribution in [0.1, 0.15) is 28.1 Å². The van der Waals surface area contributed by atoms with Crippen molar-refractivity contribution < 1.29 is 23.5 Å². The standard InChI is InChI=1S/C15H18N2O5/c1-19-11-6-4-10(5-7-11)14(18)16-9-12-8-13(17-22-12)15(20-2)21-3/h4-8,15H,9H2,1-3H3,(H,16,18). The van der Waals surface area contributed by atoms with Crippen molar-refractivity contribution >= 4 is 5.91 Å². The van der Waals surface area contributed by atoms with E-state index in [9.17, 15) is 4.79 Å². The first-order valence-electron chi connectivity index (χ1n) is 6.61. The number of benzene rings is 1. The normalized spacial score (nSPS) is 10.7. The van der Waals surface area contributed by atoms with E-state index in [0.717, 1.165) is 0 Å². The van der Waals surface area contributed by atoms with E-state index in [0.29, 0.717) is 22.8 Å². The molecule has 118 valence electrons. The Bertz CT molecular complexity index is 605. The lowest BCUT2D eigenvalue weighted by atomic mass is 10.2. The average Bonchev–Trinajstić information content (AvgIpc) is 3.02. The van der Waals surface area contributed by atoms with Crippen LogP contribution in [0.5, 0.6) is 5.75 Å². The molecule has 7 nitrogen and oxygen atoms in total. The molecule has 22 heavy (non-hydrogen) atoms. The fourth-order valence-corrected chi connectivity index (χ4v) is 1.87. The van der Waals surface area contributed by atoms with Crippen LogP contribution in [0.15, 0.2) is 34.9 Å². The maximum Gasteiger partial charge on any atom is 0.251 e. The number of rotatable bonds is 7. The second kappa shape index (κ2) is 7.58. The monoisotopic (exact) mass is 306 g/mol. The second-order valence-electron chi connectivity index (χ2n) is 4.43. The highest BCUT2D eigenvalue weighted by atomic mass is 16.7. The van der Waals surface area contributed by atoms with Crippen LogP contribution in [0.4, 0.5) is 0 Å². The third kappa shape index (κ3) is 3.84. The van der Waals surface area contributed by atoms with Crippen LogP contribution < -0.4 is 10.1 Å². The summed E-state index contributed by atoms with van der Waals surface area (Å²) in [6.45, 7) is 0.220. The molecule has 0 atom stereocenters. The Labute approximate surface area is 128 Å². The van der Waals surface area contributed by atoms with Crippen LogP contribution >= 0.6 is 0 Å². The number of nitrogens with one attached hydrogen (secondary N) is 1. The first kappa shape index (κ1) is 16.0. The van der Waals surface area contributed by atoms with Crippen molar-refractivity contribution in [2.24, 2.45) is 0 Å². The third-order valence-corrected chi connectivity index (χ3v) is 3.02. The van der Waals surface area contributed by atoms with Crippen LogP contribution in [0.25, 0.3) is 0 Å². The van der Waals surface area contributed by atoms with Crippen molar-refractivity contribution in [2.45, 2.75) is 12.8 Å². The number of hydrogen-bond acceptors (Lipinski definition) is 6.